The maximum absolute atomic E-state index is 12.7. The summed E-state index contributed by atoms with van der Waals surface area (Å²) in [4.78, 5) is 0. The molecule has 1 radical (unpaired) electrons. The molecule has 10 heavy (non-hydrogen) atoms. The van der Waals surface area contributed by atoms with Crippen LogP contribution < -0.4 is 0 Å². The van der Waals surface area contributed by atoms with Gasteiger partial charge in [-0.15, -0.1) is 0 Å². The van der Waals surface area contributed by atoms with E-state index in [9.17, 15) is 4.39 Å². The van der Waals surface area contributed by atoms with Crippen LogP contribution in [0.15, 0.2) is 16.6 Å². The lowest BCUT2D eigenvalue weighted by Gasteiger charge is -2.01. The molecule has 1 rings (SSSR count). The second-order valence-corrected chi connectivity index (χ2v) is 2.99. The Kier molecular flexibility index (Phi) is 2.09. The molecule has 0 nitrogen and oxygen atoms in total. The average molecular weight is 202 g/mol. The number of halogens is 2. The van der Waals surface area contributed by atoms with E-state index in [1.165, 1.54) is 6.07 Å². The van der Waals surface area contributed by atoms with Gasteiger partial charge in [-0.05, 0) is 37.1 Å². The highest BCUT2D eigenvalue weighted by atomic mass is 79.9. The Labute approximate surface area is 68.2 Å². The zero-order valence-electron chi connectivity index (χ0n) is 5.62. The Hall–Kier alpha value is -0.370. The van der Waals surface area contributed by atoms with Gasteiger partial charge in [-0.3, -0.25) is 0 Å². The fourth-order valence-electron chi connectivity index (χ4n) is 0.695. The summed E-state index contributed by atoms with van der Waals surface area (Å²) in [6.07, 6.45) is 0. The van der Waals surface area contributed by atoms with Crippen molar-refractivity contribution in [3.05, 3.63) is 40.5 Å². The fraction of sp³-hybridized carbons (Fsp3) is 0.125. The predicted octanol–water partition coefficient (Wildman–Crippen LogP) is 3.08. The van der Waals surface area contributed by atoms with Crippen molar-refractivity contribution in [1.29, 1.82) is 0 Å². The molecule has 53 valence electrons. The van der Waals surface area contributed by atoms with Crippen molar-refractivity contribution >= 4 is 15.9 Å². The summed E-state index contributed by atoms with van der Waals surface area (Å²) < 4.78 is 13.6. The third-order valence-corrected chi connectivity index (χ3v) is 2.33. The number of benzene rings is 1. The monoisotopic (exact) mass is 201 g/mol. The Balaban J connectivity index is 3.34. The molecule has 0 aromatic heterocycles. The van der Waals surface area contributed by atoms with Gasteiger partial charge in [-0.1, -0.05) is 15.9 Å². The van der Waals surface area contributed by atoms with Crippen LogP contribution in [0.5, 0.6) is 0 Å². The minimum absolute atomic E-state index is 0.249. The topological polar surface area (TPSA) is 0 Å². The minimum atomic E-state index is -0.249. The molecular weight excluding hydrogens is 195 g/mol. The van der Waals surface area contributed by atoms with E-state index in [-0.39, 0.29) is 5.82 Å². The maximum Gasteiger partial charge on any atom is 0.126 e. The highest BCUT2D eigenvalue weighted by Gasteiger charge is 2.02. The molecule has 0 saturated heterocycles. The summed E-state index contributed by atoms with van der Waals surface area (Å²) in [5.41, 5.74) is 1.33. The first kappa shape index (κ1) is 7.73. The highest BCUT2D eigenvalue weighted by Crippen LogP contribution is 2.20. The lowest BCUT2D eigenvalue weighted by Crippen LogP contribution is -1.86. The third-order valence-electron chi connectivity index (χ3n) is 1.48. The van der Waals surface area contributed by atoms with Crippen LogP contribution in [0.25, 0.3) is 0 Å². The molecule has 0 atom stereocenters. The summed E-state index contributed by atoms with van der Waals surface area (Å²) in [6, 6.07) is 3.08. The average Bonchev–Trinajstić information content (AvgIpc) is 1.93. The van der Waals surface area contributed by atoms with Gasteiger partial charge in [0.1, 0.15) is 5.82 Å². The van der Waals surface area contributed by atoms with Crippen LogP contribution in [0.1, 0.15) is 11.1 Å². The molecule has 0 spiro atoms. The van der Waals surface area contributed by atoms with E-state index in [0.29, 0.717) is 5.56 Å². The van der Waals surface area contributed by atoms with Crippen LogP contribution in [0.3, 0.4) is 0 Å². The molecule has 0 N–H and O–H groups in total. The van der Waals surface area contributed by atoms with E-state index in [1.54, 1.807) is 6.07 Å². The van der Waals surface area contributed by atoms with E-state index in [0.717, 1.165) is 10.0 Å². The Morgan fingerprint density at radius 1 is 1.50 bits per heavy atom. The SMILES string of the molecule is [CH2]c1c(F)ccc(Br)c1C. The normalized spacial score (nSPS) is 10.0. The molecular formula is C8H7BrF. The molecule has 0 aliphatic rings. The lowest BCUT2D eigenvalue weighted by molar-refractivity contribution is 0.621. The zero-order chi connectivity index (χ0) is 7.72. The van der Waals surface area contributed by atoms with E-state index < -0.39 is 0 Å². The third kappa shape index (κ3) is 1.21. The van der Waals surface area contributed by atoms with Gasteiger partial charge >= 0.3 is 0 Å². The van der Waals surface area contributed by atoms with Crippen molar-refractivity contribution in [2.45, 2.75) is 6.92 Å². The van der Waals surface area contributed by atoms with Gasteiger partial charge in [-0.2, -0.15) is 0 Å². The molecule has 0 bridgehead atoms. The first-order chi connectivity index (χ1) is 4.63. The fourth-order valence-corrected chi connectivity index (χ4v) is 1.07. The highest BCUT2D eigenvalue weighted by molar-refractivity contribution is 9.10. The smallest absolute Gasteiger partial charge is 0.126 e. The maximum atomic E-state index is 12.7. The summed E-state index contributed by atoms with van der Waals surface area (Å²) in [5, 5.41) is 0. The summed E-state index contributed by atoms with van der Waals surface area (Å²) >= 11 is 3.27. The van der Waals surface area contributed by atoms with Crippen molar-refractivity contribution in [3.8, 4) is 0 Å². The van der Waals surface area contributed by atoms with Crippen LogP contribution in [0, 0.1) is 19.7 Å². The Bertz CT molecular complexity index is 229. The van der Waals surface area contributed by atoms with Crippen LogP contribution in [-0.4, -0.2) is 0 Å². The van der Waals surface area contributed by atoms with Crippen molar-refractivity contribution in [3.63, 3.8) is 0 Å². The molecule has 2 heteroatoms. The second-order valence-electron chi connectivity index (χ2n) is 2.13. The number of rotatable bonds is 0. The molecule has 0 unspecified atom stereocenters. The molecule has 0 saturated carbocycles. The van der Waals surface area contributed by atoms with E-state index in [1.807, 2.05) is 6.92 Å². The van der Waals surface area contributed by atoms with Crippen molar-refractivity contribution in [1.82, 2.24) is 0 Å². The van der Waals surface area contributed by atoms with Gasteiger partial charge in [0.15, 0.2) is 0 Å². The molecule has 0 aliphatic heterocycles. The Morgan fingerprint density at radius 3 is 2.60 bits per heavy atom. The van der Waals surface area contributed by atoms with Crippen LogP contribution in [0.2, 0.25) is 0 Å². The molecule has 1 aromatic carbocycles. The Morgan fingerprint density at radius 2 is 2.10 bits per heavy atom. The van der Waals surface area contributed by atoms with Gasteiger partial charge in [0.25, 0.3) is 0 Å². The van der Waals surface area contributed by atoms with E-state index in [4.69, 9.17) is 0 Å². The van der Waals surface area contributed by atoms with Crippen LogP contribution >= 0.6 is 15.9 Å². The lowest BCUT2D eigenvalue weighted by atomic mass is 10.1. The molecule has 1 aromatic rings. The van der Waals surface area contributed by atoms with Crippen LogP contribution in [-0.2, 0) is 0 Å². The van der Waals surface area contributed by atoms with Gasteiger partial charge in [-0.25, -0.2) is 4.39 Å². The van der Waals surface area contributed by atoms with Crippen LogP contribution in [0.4, 0.5) is 4.39 Å². The molecule has 0 fully saturated rings. The van der Waals surface area contributed by atoms with Crippen molar-refractivity contribution in [2.75, 3.05) is 0 Å². The first-order valence-corrected chi connectivity index (χ1v) is 3.69. The minimum Gasteiger partial charge on any atom is -0.207 e. The van der Waals surface area contributed by atoms with Gasteiger partial charge < -0.3 is 0 Å². The largest absolute Gasteiger partial charge is 0.207 e. The van der Waals surface area contributed by atoms with E-state index in [2.05, 4.69) is 22.9 Å². The summed E-state index contributed by atoms with van der Waals surface area (Å²) in [6.45, 7) is 5.40. The number of hydrogen-bond donors (Lipinski definition) is 0. The van der Waals surface area contributed by atoms with Gasteiger partial charge in [0.05, 0.1) is 0 Å². The van der Waals surface area contributed by atoms with Gasteiger partial charge in [0.2, 0.25) is 0 Å². The summed E-state index contributed by atoms with van der Waals surface area (Å²) in [7, 11) is 0. The standard InChI is InChI=1S/C8H7BrF/c1-5-6(2)8(10)4-3-7(5)9/h3-4H,2H2,1H3. The number of hydrogen-bond acceptors (Lipinski definition) is 0. The van der Waals surface area contributed by atoms with E-state index >= 15 is 0 Å². The molecule has 0 aliphatic carbocycles. The van der Waals surface area contributed by atoms with Crippen molar-refractivity contribution in [2.24, 2.45) is 0 Å². The molecule has 0 heterocycles. The molecule has 0 amide bonds. The predicted molar refractivity (Wildman–Crippen MR) is 43.3 cm³/mol. The quantitative estimate of drug-likeness (QED) is 0.606. The van der Waals surface area contributed by atoms with Gasteiger partial charge in [0, 0.05) is 4.47 Å². The summed E-state index contributed by atoms with van der Waals surface area (Å²) in [5.74, 6) is -0.249. The first-order valence-electron chi connectivity index (χ1n) is 2.89. The van der Waals surface area contributed by atoms with Crippen molar-refractivity contribution < 1.29 is 4.39 Å². The zero-order valence-corrected chi connectivity index (χ0v) is 7.20. The second kappa shape index (κ2) is 2.70.